The zero-order valence-electron chi connectivity index (χ0n) is 10.8. The van der Waals surface area contributed by atoms with Gasteiger partial charge in [0.25, 0.3) is 0 Å². The number of benzene rings is 1. The summed E-state index contributed by atoms with van der Waals surface area (Å²) in [5, 5.41) is 4.61. The van der Waals surface area contributed by atoms with Gasteiger partial charge < -0.3 is 5.73 Å². The molecule has 0 aliphatic carbocycles. The summed E-state index contributed by atoms with van der Waals surface area (Å²) < 4.78 is 3.33. The highest BCUT2D eigenvalue weighted by Gasteiger charge is 2.10. The lowest BCUT2D eigenvalue weighted by atomic mass is 10.1. The first-order valence-corrected chi connectivity index (χ1v) is 7.17. The van der Waals surface area contributed by atoms with Gasteiger partial charge in [-0.2, -0.15) is 5.10 Å². The van der Waals surface area contributed by atoms with Crippen LogP contribution in [-0.4, -0.2) is 16.3 Å². The molecule has 2 rings (SSSR count). The molecule has 1 heterocycles. The van der Waals surface area contributed by atoms with Crippen molar-refractivity contribution in [3.05, 3.63) is 50.4 Å². The number of hydrogen-bond donors (Lipinski definition) is 1. The molecule has 96 valence electrons. The van der Waals surface area contributed by atoms with Gasteiger partial charge in [0.1, 0.15) is 0 Å². The van der Waals surface area contributed by atoms with E-state index in [-0.39, 0.29) is 0 Å². The molecule has 0 radical (unpaired) electrons. The van der Waals surface area contributed by atoms with Crippen molar-refractivity contribution in [2.45, 2.75) is 26.8 Å². The fourth-order valence-corrected chi connectivity index (χ4v) is 2.52. The molecule has 3 nitrogen and oxygen atoms in total. The third-order valence-corrected chi connectivity index (χ3v) is 3.89. The van der Waals surface area contributed by atoms with Crippen molar-refractivity contribution < 1.29 is 0 Å². The smallest absolute Gasteiger partial charge is 0.0662 e. The predicted octanol–water partition coefficient (Wildman–Crippen LogP) is 2.65. The van der Waals surface area contributed by atoms with Crippen molar-refractivity contribution in [1.82, 2.24) is 9.78 Å². The minimum atomic E-state index is 0.677. The maximum Gasteiger partial charge on any atom is 0.0662 e. The molecule has 0 spiro atoms. The summed E-state index contributed by atoms with van der Waals surface area (Å²) in [7, 11) is 0. The molecular formula is C14H18IN3. The van der Waals surface area contributed by atoms with Gasteiger partial charge in [-0.25, -0.2) is 0 Å². The molecule has 0 saturated heterocycles. The van der Waals surface area contributed by atoms with Crippen molar-refractivity contribution in [2.24, 2.45) is 5.73 Å². The Labute approximate surface area is 122 Å². The second-order valence-electron chi connectivity index (χ2n) is 4.47. The average Bonchev–Trinajstić information content (AvgIpc) is 2.60. The Hall–Kier alpha value is -0.880. The van der Waals surface area contributed by atoms with Gasteiger partial charge in [0.05, 0.1) is 12.2 Å². The summed E-state index contributed by atoms with van der Waals surface area (Å²) in [5.74, 6) is 0. The lowest BCUT2D eigenvalue weighted by Crippen LogP contribution is -2.06. The van der Waals surface area contributed by atoms with Crippen LogP contribution in [0.25, 0.3) is 0 Å². The summed E-state index contributed by atoms with van der Waals surface area (Å²) in [5.41, 5.74) is 10.5. The average molecular weight is 355 g/mol. The largest absolute Gasteiger partial charge is 0.330 e. The molecule has 4 heteroatoms. The summed E-state index contributed by atoms with van der Waals surface area (Å²) >= 11 is 2.32. The van der Waals surface area contributed by atoms with Crippen molar-refractivity contribution in [2.75, 3.05) is 6.54 Å². The van der Waals surface area contributed by atoms with Gasteiger partial charge in [-0.05, 0) is 72.7 Å². The zero-order valence-corrected chi connectivity index (χ0v) is 12.9. The number of aryl methyl sites for hydroxylation is 1. The number of rotatable bonds is 4. The lowest BCUT2D eigenvalue weighted by molar-refractivity contribution is 0.658. The van der Waals surface area contributed by atoms with Crippen molar-refractivity contribution in [1.29, 1.82) is 0 Å². The van der Waals surface area contributed by atoms with E-state index in [0.29, 0.717) is 6.54 Å². The molecule has 0 aliphatic rings. The van der Waals surface area contributed by atoms with Crippen LogP contribution in [0.5, 0.6) is 0 Å². The molecule has 1 aromatic carbocycles. The first-order chi connectivity index (χ1) is 8.61. The number of nitrogens with two attached hydrogens (primary N) is 1. The Morgan fingerprint density at radius 3 is 2.50 bits per heavy atom. The van der Waals surface area contributed by atoms with Gasteiger partial charge >= 0.3 is 0 Å². The number of halogens is 1. The molecule has 0 amide bonds. The number of hydrogen-bond acceptors (Lipinski definition) is 2. The maximum absolute atomic E-state index is 5.64. The van der Waals surface area contributed by atoms with Crippen LogP contribution in [0.4, 0.5) is 0 Å². The topological polar surface area (TPSA) is 43.8 Å². The lowest BCUT2D eigenvalue weighted by Gasteiger charge is -2.05. The molecule has 0 fully saturated rings. The Morgan fingerprint density at radius 2 is 1.89 bits per heavy atom. The third kappa shape index (κ3) is 2.92. The van der Waals surface area contributed by atoms with Crippen molar-refractivity contribution in [3.63, 3.8) is 0 Å². The fourth-order valence-electron chi connectivity index (χ4n) is 2.16. The van der Waals surface area contributed by atoms with Gasteiger partial charge in [0, 0.05) is 9.26 Å². The highest BCUT2D eigenvalue weighted by atomic mass is 127. The minimum Gasteiger partial charge on any atom is -0.330 e. The first-order valence-electron chi connectivity index (χ1n) is 6.09. The first kappa shape index (κ1) is 13.5. The van der Waals surface area contributed by atoms with Crippen LogP contribution in [0.15, 0.2) is 24.3 Å². The number of aromatic nitrogens is 2. The van der Waals surface area contributed by atoms with Crippen molar-refractivity contribution >= 4 is 22.6 Å². The number of nitrogens with zero attached hydrogens (tertiary/aromatic N) is 2. The molecule has 2 aromatic rings. The van der Waals surface area contributed by atoms with Crippen LogP contribution in [0.2, 0.25) is 0 Å². The predicted molar refractivity (Wildman–Crippen MR) is 82.7 cm³/mol. The molecule has 0 aliphatic heterocycles. The van der Waals surface area contributed by atoms with Crippen LogP contribution in [0.3, 0.4) is 0 Å². The van der Waals surface area contributed by atoms with Crippen LogP contribution in [-0.2, 0) is 13.0 Å². The molecule has 0 saturated carbocycles. The molecule has 0 bridgehead atoms. The van der Waals surface area contributed by atoms with E-state index in [9.17, 15) is 0 Å². The van der Waals surface area contributed by atoms with E-state index >= 15 is 0 Å². The summed E-state index contributed by atoms with van der Waals surface area (Å²) in [6.07, 6.45) is 0.907. The fraction of sp³-hybridized carbons (Fsp3) is 0.357. The van der Waals surface area contributed by atoms with E-state index in [2.05, 4.69) is 70.5 Å². The second kappa shape index (κ2) is 5.84. The van der Waals surface area contributed by atoms with Crippen LogP contribution < -0.4 is 5.73 Å². The quantitative estimate of drug-likeness (QED) is 0.857. The minimum absolute atomic E-state index is 0.677. The second-order valence-corrected chi connectivity index (χ2v) is 5.72. The van der Waals surface area contributed by atoms with Gasteiger partial charge in [-0.3, -0.25) is 4.68 Å². The van der Waals surface area contributed by atoms with E-state index in [1.807, 2.05) is 0 Å². The Bertz CT molecular complexity index is 529. The van der Waals surface area contributed by atoms with Crippen LogP contribution in [0, 0.1) is 17.4 Å². The monoisotopic (exact) mass is 355 g/mol. The molecule has 1 aromatic heterocycles. The van der Waals surface area contributed by atoms with Gasteiger partial charge in [0.15, 0.2) is 0 Å². The normalized spacial score (nSPS) is 10.9. The van der Waals surface area contributed by atoms with Gasteiger partial charge in [-0.1, -0.05) is 12.1 Å². The molecular weight excluding hydrogens is 337 g/mol. The summed E-state index contributed by atoms with van der Waals surface area (Å²) in [6.45, 7) is 5.69. The van der Waals surface area contributed by atoms with E-state index in [1.165, 1.54) is 20.4 Å². The van der Waals surface area contributed by atoms with E-state index in [4.69, 9.17) is 5.73 Å². The van der Waals surface area contributed by atoms with Gasteiger partial charge in [0.2, 0.25) is 0 Å². The van der Waals surface area contributed by atoms with Crippen molar-refractivity contribution in [3.8, 4) is 0 Å². The zero-order chi connectivity index (χ0) is 13.1. The molecule has 0 atom stereocenters. The van der Waals surface area contributed by atoms with Crippen LogP contribution in [0.1, 0.15) is 22.5 Å². The van der Waals surface area contributed by atoms with E-state index in [0.717, 1.165) is 18.7 Å². The SMILES string of the molecule is Cc1nn(Cc2ccc(I)cc2)c(C)c1CCN. The standard InChI is InChI=1S/C14H18IN3/c1-10-14(7-8-16)11(2)18(17-10)9-12-3-5-13(15)6-4-12/h3-6H,7-9,16H2,1-2H3. The van der Waals surface area contributed by atoms with Crippen LogP contribution >= 0.6 is 22.6 Å². The Kier molecular flexibility index (Phi) is 4.40. The maximum atomic E-state index is 5.64. The van der Waals surface area contributed by atoms with Gasteiger partial charge in [-0.15, -0.1) is 0 Å². The Balaban J connectivity index is 2.24. The highest BCUT2D eigenvalue weighted by molar-refractivity contribution is 14.1. The Morgan fingerprint density at radius 1 is 1.22 bits per heavy atom. The summed E-state index contributed by atoms with van der Waals surface area (Å²) in [6, 6.07) is 8.56. The summed E-state index contributed by atoms with van der Waals surface area (Å²) in [4.78, 5) is 0. The molecule has 0 unspecified atom stereocenters. The van der Waals surface area contributed by atoms with E-state index in [1.54, 1.807) is 0 Å². The van der Waals surface area contributed by atoms with E-state index < -0.39 is 0 Å². The third-order valence-electron chi connectivity index (χ3n) is 3.17. The molecule has 18 heavy (non-hydrogen) atoms. The molecule has 2 N–H and O–H groups in total. The highest BCUT2D eigenvalue weighted by Crippen LogP contribution is 2.15.